The number of pyridine rings is 1. The number of nitrogens with one attached hydrogen (secondary N) is 1. The Morgan fingerprint density at radius 3 is 2.77 bits per heavy atom. The molecular formula is C23H22ClFN4O. The molecule has 1 aliphatic heterocycles. The Morgan fingerprint density at radius 1 is 1.23 bits per heavy atom. The highest BCUT2D eigenvalue weighted by Gasteiger charge is 2.37. The van der Waals surface area contributed by atoms with Crippen LogP contribution in [0.5, 0.6) is 5.75 Å². The van der Waals surface area contributed by atoms with Gasteiger partial charge in [-0.15, -0.1) is 0 Å². The van der Waals surface area contributed by atoms with Crippen LogP contribution in [0.2, 0.25) is 5.02 Å². The predicted molar refractivity (Wildman–Crippen MR) is 115 cm³/mol. The molecule has 30 heavy (non-hydrogen) atoms. The summed E-state index contributed by atoms with van der Waals surface area (Å²) >= 11 is 5.83. The van der Waals surface area contributed by atoms with Crippen LogP contribution in [0.4, 0.5) is 10.2 Å². The minimum atomic E-state index is -0.536. The van der Waals surface area contributed by atoms with Crippen molar-refractivity contribution in [2.75, 3.05) is 11.9 Å². The summed E-state index contributed by atoms with van der Waals surface area (Å²) in [5, 5.41) is 13.2. The molecule has 4 rings (SSSR count). The summed E-state index contributed by atoms with van der Waals surface area (Å²) in [4.78, 5) is 8.97. The molecule has 1 aromatic carbocycles. The fourth-order valence-corrected chi connectivity index (χ4v) is 4.09. The van der Waals surface area contributed by atoms with E-state index in [-0.39, 0.29) is 16.9 Å². The molecule has 1 fully saturated rings. The number of nitriles is 1. The lowest BCUT2D eigenvalue weighted by Gasteiger charge is -2.35. The van der Waals surface area contributed by atoms with Crippen molar-refractivity contribution in [2.45, 2.75) is 38.2 Å². The number of ether oxygens (including phenoxy) is 1. The van der Waals surface area contributed by atoms with E-state index in [1.54, 1.807) is 12.1 Å². The highest BCUT2D eigenvalue weighted by atomic mass is 35.5. The standard InChI is InChI=1S/C23H22ClFN4O/c24-18-5-2-6-19(22(18)25)30-17-9-11-23(15-26,12-10-17)14-16-4-1-7-21(28-16)29-20-8-3-13-27-20/h1-8,17H,9-14H2,(H,27,28,29). The van der Waals surface area contributed by atoms with Crippen molar-refractivity contribution in [1.29, 1.82) is 5.26 Å². The Morgan fingerprint density at radius 2 is 2.03 bits per heavy atom. The molecule has 0 radical (unpaired) electrons. The van der Waals surface area contributed by atoms with Gasteiger partial charge in [0.05, 0.1) is 29.2 Å². The van der Waals surface area contributed by atoms with Crippen molar-refractivity contribution in [3.05, 3.63) is 65.1 Å². The maximum Gasteiger partial charge on any atom is 0.183 e. The summed E-state index contributed by atoms with van der Waals surface area (Å²) in [6, 6.07) is 13.0. The second-order valence-corrected chi connectivity index (χ2v) is 8.11. The molecule has 0 atom stereocenters. The van der Waals surface area contributed by atoms with Gasteiger partial charge in [-0.05, 0) is 56.0 Å². The zero-order valence-electron chi connectivity index (χ0n) is 16.4. The van der Waals surface area contributed by atoms with Crippen LogP contribution in [-0.2, 0) is 6.42 Å². The van der Waals surface area contributed by atoms with E-state index in [2.05, 4.69) is 21.4 Å². The number of hydrogen-bond donors (Lipinski definition) is 1. The van der Waals surface area contributed by atoms with Gasteiger partial charge in [0.25, 0.3) is 0 Å². The molecule has 0 saturated heterocycles. The van der Waals surface area contributed by atoms with Crippen LogP contribution in [0, 0.1) is 22.6 Å². The molecule has 154 valence electrons. The number of hydrogen-bond acceptors (Lipinski definition) is 5. The van der Waals surface area contributed by atoms with Gasteiger partial charge in [-0.25, -0.2) is 9.37 Å². The molecule has 2 aromatic rings. The average Bonchev–Trinajstić information content (AvgIpc) is 3.26. The fraction of sp³-hybridized carbons (Fsp3) is 0.348. The Bertz CT molecular complexity index is 1020. The monoisotopic (exact) mass is 424 g/mol. The highest BCUT2D eigenvalue weighted by Crippen LogP contribution is 2.40. The summed E-state index contributed by atoms with van der Waals surface area (Å²) in [5.41, 5.74) is 0.368. The molecule has 7 heteroatoms. The van der Waals surface area contributed by atoms with E-state index in [0.29, 0.717) is 38.6 Å². The number of rotatable bonds is 5. The van der Waals surface area contributed by atoms with Gasteiger partial charge in [-0.1, -0.05) is 29.8 Å². The molecule has 0 unspecified atom stereocenters. The first-order valence-electron chi connectivity index (χ1n) is 10.0. The van der Waals surface area contributed by atoms with Gasteiger partial charge in [-0.2, -0.15) is 5.26 Å². The average molecular weight is 425 g/mol. The molecule has 5 nitrogen and oxygen atoms in total. The molecule has 1 N–H and O–H groups in total. The largest absolute Gasteiger partial charge is 0.487 e. The van der Waals surface area contributed by atoms with E-state index in [0.717, 1.165) is 17.3 Å². The van der Waals surface area contributed by atoms with E-state index in [9.17, 15) is 9.65 Å². The van der Waals surface area contributed by atoms with Crippen LogP contribution in [0.1, 0.15) is 31.4 Å². The van der Waals surface area contributed by atoms with Crippen LogP contribution < -0.4 is 10.1 Å². The van der Waals surface area contributed by atoms with Crippen LogP contribution in [-0.4, -0.2) is 23.5 Å². The van der Waals surface area contributed by atoms with Crippen molar-refractivity contribution in [3.8, 4) is 11.8 Å². The van der Waals surface area contributed by atoms with Gasteiger partial charge in [0.2, 0.25) is 0 Å². The number of nitrogens with zero attached hydrogens (tertiary/aromatic N) is 3. The lowest BCUT2D eigenvalue weighted by atomic mass is 9.71. The predicted octanol–water partition coefficient (Wildman–Crippen LogP) is 5.33. The molecule has 1 aromatic heterocycles. The number of aliphatic imine (C=N–C) groups is 1. The van der Waals surface area contributed by atoms with Crippen LogP contribution in [0.25, 0.3) is 0 Å². The second kappa shape index (κ2) is 8.85. The van der Waals surface area contributed by atoms with Crippen LogP contribution in [0.3, 0.4) is 0 Å². The summed E-state index contributed by atoms with van der Waals surface area (Å²) in [6.45, 7) is 0.682. The van der Waals surface area contributed by atoms with Crippen molar-refractivity contribution in [1.82, 2.24) is 4.98 Å². The minimum absolute atomic E-state index is 0.0494. The Balaban J connectivity index is 1.39. The topological polar surface area (TPSA) is 70.3 Å². The molecule has 2 aliphatic rings. The Hall–Kier alpha value is -2.91. The summed E-state index contributed by atoms with van der Waals surface area (Å²) in [5.74, 6) is 1.15. The van der Waals surface area contributed by atoms with E-state index in [1.165, 1.54) is 6.07 Å². The third-order valence-corrected chi connectivity index (χ3v) is 5.85. The molecule has 0 amide bonds. The highest BCUT2D eigenvalue weighted by molar-refractivity contribution is 6.30. The Kier molecular flexibility index (Phi) is 6.01. The number of halogens is 2. The summed E-state index contributed by atoms with van der Waals surface area (Å²) in [6.07, 6.45) is 7.04. The molecule has 2 heterocycles. The van der Waals surface area contributed by atoms with Crippen LogP contribution in [0.15, 0.2) is 53.5 Å². The zero-order chi connectivity index (χ0) is 21.0. The lowest BCUT2D eigenvalue weighted by molar-refractivity contribution is 0.102. The van der Waals surface area contributed by atoms with Gasteiger partial charge in [0.15, 0.2) is 11.6 Å². The number of amidine groups is 1. The van der Waals surface area contributed by atoms with Crippen molar-refractivity contribution < 1.29 is 9.13 Å². The maximum absolute atomic E-state index is 14.1. The van der Waals surface area contributed by atoms with Gasteiger partial charge in [0, 0.05) is 12.1 Å². The first kappa shape index (κ1) is 20.4. The Labute approximate surface area is 180 Å². The molecular weight excluding hydrogens is 403 g/mol. The lowest BCUT2D eigenvalue weighted by Crippen LogP contribution is -2.33. The quantitative estimate of drug-likeness (QED) is 0.704. The van der Waals surface area contributed by atoms with Crippen molar-refractivity contribution in [2.24, 2.45) is 10.4 Å². The SMILES string of the molecule is N#CC1(Cc2cccc(NC3=NCC=C3)n2)CCC(Oc2cccc(Cl)c2F)CC1. The fourth-order valence-electron chi connectivity index (χ4n) is 3.92. The first-order valence-corrected chi connectivity index (χ1v) is 10.4. The van der Waals surface area contributed by atoms with E-state index in [1.807, 2.05) is 30.4 Å². The zero-order valence-corrected chi connectivity index (χ0v) is 17.2. The van der Waals surface area contributed by atoms with E-state index < -0.39 is 11.2 Å². The second-order valence-electron chi connectivity index (χ2n) is 7.71. The molecule has 0 bridgehead atoms. The number of benzene rings is 1. The smallest absolute Gasteiger partial charge is 0.183 e. The van der Waals surface area contributed by atoms with Crippen LogP contribution >= 0.6 is 11.6 Å². The summed E-state index contributed by atoms with van der Waals surface area (Å²) < 4.78 is 19.9. The molecule has 0 spiro atoms. The summed E-state index contributed by atoms with van der Waals surface area (Å²) in [7, 11) is 0. The van der Waals surface area contributed by atoms with Gasteiger partial charge >= 0.3 is 0 Å². The van der Waals surface area contributed by atoms with E-state index in [4.69, 9.17) is 16.3 Å². The minimum Gasteiger partial charge on any atom is -0.487 e. The third-order valence-electron chi connectivity index (χ3n) is 5.56. The molecule has 1 saturated carbocycles. The maximum atomic E-state index is 14.1. The van der Waals surface area contributed by atoms with Crippen molar-refractivity contribution in [3.63, 3.8) is 0 Å². The number of anilines is 1. The van der Waals surface area contributed by atoms with Crippen molar-refractivity contribution >= 4 is 23.3 Å². The number of aromatic nitrogens is 1. The third kappa shape index (κ3) is 4.63. The normalized spacial score (nSPS) is 23.0. The van der Waals surface area contributed by atoms with E-state index >= 15 is 0 Å². The van der Waals surface area contributed by atoms with Gasteiger partial charge < -0.3 is 10.1 Å². The first-order chi connectivity index (χ1) is 14.6. The van der Waals surface area contributed by atoms with Gasteiger partial charge in [0.1, 0.15) is 11.7 Å². The van der Waals surface area contributed by atoms with Gasteiger partial charge in [-0.3, -0.25) is 4.99 Å². The molecule has 1 aliphatic carbocycles.